The molecule has 1 aliphatic rings. The molecule has 5 heteroatoms. The molecule has 0 spiro atoms. The molecule has 18 heavy (non-hydrogen) atoms. The fourth-order valence-electron chi connectivity index (χ4n) is 2.29. The Hall–Kier alpha value is -0.100. The van der Waals surface area contributed by atoms with Crippen molar-refractivity contribution in [2.24, 2.45) is 5.73 Å². The van der Waals surface area contributed by atoms with Crippen LogP contribution in [0.25, 0.3) is 0 Å². The summed E-state index contributed by atoms with van der Waals surface area (Å²) in [6.07, 6.45) is 1.18. The first-order valence-corrected chi connectivity index (χ1v) is 8.14. The van der Waals surface area contributed by atoms with Crippen molar-refractivity contribution in [2.75, 3.05) is 31.1 Å². The molecule has 2 N–H and O–H groups in total. The lowest BCUT2D eigenvalue weighted by atomic mass is 10.0. The molecule has 1 saturated heterocycles. The van der Waals surface area contributed by atoms with Gasteiger partial charge in [0.2, 0.25) is 0 Å². The zero-order valence-electron chi connectivity index (χ0n) is 10.2. The van der Waals surface area contributed by atoms with Gasteiger partial charge < -0.3 is 5.73 Å². The fraction of sp³-hybridized carbons (Fsp3) is 0.538. The van der Waals surface area contributed by atoms with E-state index in [1.54, 1.807) is 12.1 Å². The summed E-state index contributed by atoms with van der Waals surface area (Å²) in [5.41, 5.74) is 6.87. The first-order chi connectivity index (χ1) is 8.72. The van der Waals surface area contributed by atoms with E-state index >= 15 is 0 Å². The first kappa shape index (κ1) is 14.3. The topological polar surface area (TPSA) is 29.3 Å². The van der Waals surface area contributed by atoms with Crippen LogP contribution < -0.4 is 5.73 Å². The Morgan fingerprint density at radius 1 is 1.39 bits per heavy atom. The Balaban J connectivity index is 2.17. The molecule has 0 saturated carbocycles. The zero-order valence-corrected chi connectivity index (χ0v) is 12.6. The zero-order chi connectivity index (χ0) is 13.0. The third kappa shape index (κ3) is 3.47. The molecule has 1 aromatic carbocycles. The maximum absolute atomic E-state index is 13.6. The van der Waals surface area contributed by atoms with E-state index in [9.17, 15) is 4.39 Å². The van der Waals surface area contributed by atoms with Crippen molar-refractivity contribution in [3.05, 3.63) is 34.1 Å². The molecule has 1 atom stereocenters. The minimum absolute atomic E-state index is 0.131. The maximum atomic E-state index is 13.6. The molecule has 0 amide bonds. The highest BCUT2D eigenvalue weighted by Crippen LogP contribution is 2.26. The van der Waals surface area contributed by atoms with Crippen molar-refractivity contribution in [2.45, 2.75) is 12.5 Å². The molecule has 1 aliphatic heterocycles. The molecule has 1 fully saturated rings. The van der Waals surface area contributed by atoms with E-state index in [1.807, 2.05) is 17.8 Å². The number of hydrogen-bond donors (Lipinski definition) is 1. The van der Waals surface area contributed by atoms with E-state index in [0.717, 1.165) is 24.4 Å². The van der Waals surface area contributed by atoms with E-state index in [-0.39, 0.29) is 11.9 Å². The van der Waals surface area contributed by atoms with Gasteiger partial charge in [0.05, 0.1) is 4.47 Å². The third-order valence-electron chi connectivity index (χ3n) is 3.25. The van der Waals surface area contributed by atoms with Gasteiger partial charge in [-0.05, 0) is 52.3 Å². The van der Waals surface area contributed by atoms with Gasteiger partial charge in [-0.3, -0.25) is 4.90 Å². The van der Waals surface area contributed by atoms with Gasteiger partial charge in [-0.15, -0.1) is 0 Å². The molecule has 0 aromatic heterocycles. The second kappa shape index (κ2) is 6.89. The van der Waals surface area contributed by atoms with Crippen molar-refractivity contribution in [1.82, 2.24) is 4.90 Å². The predicted octanol–water partition coefficient (Wildman–Crippen LogP) is 3.03. The Morgan fingerprint density at radius 3 is 2.94 bits per heavy atom. The first-order valence-electron chi connectivity index (χ1n) is 6.19. The van der Waals surface area contributed by atoms with Gasteiger partial charge in [0.15, 0.2) is 0 Å². The summed E-state index contributed by atoms with van der Waals surface area (Å²) in [5.74, 6) is 2.13. The minimum atomic E-state index is -0.213. The maximum Gasteiger partial charge on any atom is 0.137 e. The number of thioether (sulfide) groups is 1. The molecular formula is C13H18BrFN2S. The molecule has 2 nitrogen and oxygen atoms in total. The van der Waals surface area contributed by atoms with Crippen molar-refractivity contribution in [3.8, 4) is 0 Å². The molecule has 100 valence electrons. The largest absolute Gasteiger partial charge is 0.329 e. The van der Waals surface area contributed by atoms with Gasteiger partial charge >= 0.3 is 0 Å². The number of nitrogens with two attached hydrogens (primary N) is 1. The second-order valence-corrected chi connectivity index (χ2v) is 6.51. The Labute approximate surface area is 120 Å². The van der Waals surface area contributed by atoms with Crippen LogP contribution in [0.15, 0.2) is 22.7 Å². The summed E-state index contributed by atoms with van der Waals surface area (Å²) >= 11 is 5.17. The molecule has 1 heterocycles. The van der Waals surface area contributed by atoms with Gasteiger partial charge in [0.1, 0.15) is 5.82 Å². The summed E-state index contributed by atoms with van der Waals surface area (Å²) in [7, 11) is 0. The van der Waals surface area contributed by atoms with E-state index in [2.05, 4.69) is 20.8 Å². The Bertz CT molecular complexity index is 395. The van der Waals surface area contributed by atoms with Crippen LogP contribution in [0.2, 0.25) is 0 Å². The van der Waals surface area contributed by atoms with E-state index in [1.165, 1.54) is 12.2 Å². The predicted molar refractivity (Wildman–Crippen MR) is 79.4 cm³/mol. The molecule has 2 rings (SSSR count). The van der Waals surface area contributed by atoms with Crippen LogP contribution in [-0.2, 0) is 0 Å². The fourth-order valence-corrected chi connectivity index (χ4v) is 3.44. The highest BCUT2D eigenvalue weighted by molar-refractivity contribution is 9.10. The van der Waals surface area contributed by atoms with Gasteiger partial charge in [-0.2, -0.15) is 11.8 Å². The SMILES string of the molecule is NCC(c1ccc(Br)c(F)c1)N1CCCSCC1. The lowest BCUT2D eigenvalue weighted by Crippen LogP contribution is -2.35. The van der Waals surface area contributed by atoms with Crippen molar-refractivity contribution in [1.29, 1.82) is 0 Å². The lowest BCUT2D eigenvalue weighted by molar-refractivity contribution is 0.217. The average molecular weight is 333 g/mol. The van der Waals surface area contributed by atoms with E-state index < -0.39 is 0 Å². The van der Waals surface area contributed by atoms with Crippen LogP contribution in [0, 0.1) is 5.82 Å². The van der Waals surface area contributed by atoms with E-state index in [0.29, 0.717) is 11.0 Å². The van der Waals surface area contributed by atoms with Gasteiger partial charge in [-0.1, -0.05) is 6.07 Å². The average Bonchev–Trinajstić information content (AvgIpc) is 2.64. The normalized spacial score (nSPS) is 19.5. The van der Waals surface area contributed by atoms with Crippen molar-refractivity contribution in [3.63, 3.8) is 0 Å². The third-order valence-corrected chi connectivity index (χ3v) is 4.94. The Kier molecular flexibility index (Phi) is 5.48. The summed E-state index contributed by atoms with van der Waals surface area (Å²) in [4.78, 5) is 2.38. The summed E-state index contributed by atoms with van der Waals surface area (Å²) < 4.78 is 14.1. The molecule has 1 unspecified atom stereocenters. The van der Waals surface area contributed by atoms with Crippen LogP contribution in [0.5, 0.6) is 0 Å². The monoisotopic (exact) mass is 332 g/mol. The van der Waals surface area contributed by atoms with Crippen molar-refractivity contribution < 1.29 is 4.39 Å². The number of halogens is 2. The van der Waals surface area contributed by atoms with Crippen LogP contribution in [0.4, 0.5) is 4.39 Å². The molecule has 1 aromatic rings. The number of nitrogens with zero attached hydrogens (tertiary/aromatic N) is 1. The van der Waals surface area contributed by atoms with Crippen LogP contribution in [-0.4, -0.2) is 36.0 Å². The van der Waals surface area contributed by atoms with Crippen LogP contribution in [0.3, 0.4) is 0 Å². The highest BCUT2D eigenvalue weighted by Gasteiger charge is 2.21. The number of rotatable bonds is 3. The van der Waals surface area contributed by atoms with Crippen molar-refractivity contribution >= 4 is 27.7 Å². The molecular weight excluding hydrogens is 315 g/mol. The molecule has 0 bridgehead atoms. The quantitative estimate of drug-likeness (QED) is 0.922. The lowest BCUT2D eigenvalue weighted by Gasteiger charge is -2.29. The highest BCUT2D eigenvalue weighted by atomic mass is 79.9. The summed E-state index contributed by atoms with van der Waals surface area (Å²) in [6.45, 7) is 2.61. The second-order valence-electron chi connectivity index (χ2n) is 4.43. The number of benzene rings is 1. The smallest absolute Gasteiger partial charge is 0.137 e. The number of hydrogen-bond acceptors (Lipinski definition) is 3. The van der Waals surface area contributed by atoms with E-state index in [4.69, 9.17) is 5.73 Å². The summed E-state index contributed by atoms with van der Waals surface area (Å²) in [5, 5.41) is 0. The molecule has 0 radical (unpaired) electrons. The minimum Gasteiger partial charge on any atom is -0.329 e. The molecule has 0 aliphatic carbocycles. The van der Waals surface area contributed by atoms with Crippen LogP contribution in [0.1, 0.15) is 18.0 Å². The van der Waals surface area contributed by atoms with Gasteiger partial charge in [0, 0.05) is 24.9 Å². The standard InChI is InChI=1S/C13H18BrFN2S/c14-11-3-2-10(8-12(11)15)13(9-16)17-4-1-6-18-7-5-17/h2-3,8,13H,1,4-7,9,16H2. The van der Waals surface area contributed by atoms with Gasteiger partial charge in [-0.25, -0.2) is 4.39 Å². The Morgan fingerprint density at radius 2 is 2.22 bits per heavy atom. The van der Waals surface area contributed by atoms with Crippen LogP contribution >= 0.6 is 27.7 Å². The van der Waals surface area contributed by atoms with Gasteiger partial charge in [0.25, 0.3) is 0 Å². The summed E-state index contributed by atoms with van der Waals surface area (Å²) in [6, 6.07) is 5.45.